The topological polar surface area (TPSA) is 45.2 Å². The molecule has 4 nitrogen and oxygen atoms in total. The molecule has 0 saturated carbocycles. The molecule has 1 heterocycles. The Bertz CT molecular complexity index is 661. The van der Waals surface area contributed by atoms with E-state index in [0.29, 0.717) is 22.8 Å². The first kappa shape index (κ1) is 15.8. The standard InChI is InChI=1S/C15H15BrClN3O/c1-20(2)15(21)12-7-6-10(17)8-13(12)18-9-11-4-3-5-14(16)19-11/h3-8,18H,9H2,1-2H3. The minimum Gasteiger partial charge on any atom is -0.379 e. The molecule has 0 aliphatic heterocycles. The summed E-state index contributed by atoms with van der Waals surface area (Å²) in [4.78, 5) is 18.0. The molecule has 0 unspecified atom stereocenters. The highest BCUT2D eigenvalue weighted by molar-refractivity contribution is 9.10. The fourth-order valence-electron chi connectivity index (χ4n) is 1.82. The molecule has 21 heavy (non-hydrogen) atoms. The van der Waals surface area contributed by atoms with E-state index in [2.05, 4.69) is 26.2 Å². The van der Waals surface area contributed by atoms with Gasteiger partial charge >= 0.3 is 0 Å². The van der Waals surface area contributed by atoms with Crippen LogP contribution in [0.5, 0.6) is 0 Å². The van der Waals surface area contributed by atoms with Crippen LogP contribution < -0.4 is 5.32 Å². The van der Waals surface area contributed by atoms with E-state index in [1.807, 2.05) is 18.2 Å². The highest BCUT2D eigenvalue weighted by atomic mass is 79.9. The lowest BCUT2D eigenvalue weighted by Crippen LogP contribution is -2.23. The number of anilines is 1. The van der Waals surface area contributed by atoms with Crippen LogP contribution >= 0.6 is 27.5 Å². The molecule has 0 radical (unpaired) electrons. The first-order chi connectivity index (χ1) is 9.97. The van der Waals surface area contributed by atoms with Gasteiger partial charge < -0.3 is 10.2 Å². The number of benzene rings is 1. The van der Waals surface area contributed by atoms with Gasteiger partial charge in [-0.25, -0.2) is 4.98 Å². The Labute approximate surface area is 137 Å². The summed E-state index contributed by atoms with van der Waals surface area (Å²) < 4.78 is 0.775. The quantitative estimate of drug-likeness (QED) is 0.835. The van der Waals surface area contributed by atoms with Crippen molar-refractivity contribution in [1.29, 1.82) is 0 Å². The number of hydrogen-bond donors (Lipinski definition) is 1. The number of nitrogens with one attached hydrogen (secondary N) is 1. The second-order valence-corrected chi connectivity index (χ2v) is 5.94. The van der Waals surface area contributed by atoms with Crippen molar-refractivity contribution in [3.8, 4) is 0 Å². The van der Waals surface area contributed by atoms with Crippen LogP contribution in [0.4, 0.5) is 5.69 Å². The summed E-state index contributed by atoms with van der Waals surface area (Å²) in [5, 5.41) is 3.80. The normalized spacial score (nSPS) is 10.3. The highest BCUT2D eigenvalue weighted by Gasteiger charge is 2.13. The third-order valence-corrected chi connectivity index (χ3v) is 3.53. The maximum atomic E-state index is 12.2. The summed E-state index contributed by atoms with van der Waals surface area (Å²) >= 11 is 9.36. The molecule has 0 spiro atoms. The van der Waals surface area contributed by atoms with Gasteiger partial charge in [-0.3, -0.25) is 4.79 Å². The van der Waals surface area contributed by atoms with E-state index in [0.717, 1.165) is 10.3 Å². The third-order valence-electron chi connectivity index (χ3n) is 2.85. The number of carbonyl (C=O) groups excluding carboxylic acids is 1. The van der Waals surface area contributed by atoms with Gasteiger partial charge in [0.15, 0.2) is 0 Å². The van der Waals surface area contributed by atoms with E-state index in [1.54, 1.807) is 32.3 Å². The SMILES string of the molecule is CN(C)C(=O)c1ccc(Cl)cc1NCc1cccc(Br)n1. The van der Waals surface area contributed by atoms with Crippen LogP contribution in [0.3, 0.4) is 0 Å². The lowest BCUT2D eigenvalue weighted by molar-refractivity contribution is 0.0828. The molecule has 6 heteroatoms. The molecule has 0 aliphatic rings. The van der Waals surface area contributed by atoms with Crippen LogP contribution in [-0.2, 0) is 6.54 Å². The number of amides is 1. The Hall–Kier alpha value is -1.59. The molecule has 0 saturated heterocycles. The maximum Gasteiger partial charge on any atom is 0.255 e. The number of hydrogen-bond acceptors (Lipinski definition) is 3. The van der Waals surface area contributed by atoms with Crippen LogP contribution in [0.1, 0.15) is 16.1 Å². The molecular weight excluding hydrogens is 354 g/mol. The second-order valence-electron chi connectivity index (χ2n) is 4.69. The predicted octanol–water partition coefficient (Wildman–Crippen LogP) is 3.81. The van der Waals surface area contributed by atoms with E-state index in [1.165, 1.54) is 4.90 Å². The van der Waals surface area contributed by atoms with Gasteiger partial charge in [-0.1, -0.05) is 17.7 Å². The molecule has 2 aromatic rings. The number of carbonyl (C=O) groups is 1. The van der Waals surface area contributed by atoms with E-state index in [9.17, 15) is 4.79 Å². The molecule has 0 aliphatic carbocycles. The van der Waals surface area contributed by atoms with Crippen LogP contribution in [0.2, 0.25) is 5.02 Å². The van der Waals surface area contributed by atoms with Crippen molar-refractivity contribution in [2.75, 3.05) is 19.4 Å². The van der Waals surface area contributed by atoms with Crippen LogP contribution in [-0.4, -0.2) is 29.9 Å². The molecule has 0 bridgehead atoms. The van der Waals surface area contributed by atoms with Crippen molar-refractivity contribution < 1.29 is 4.79 Å². The summed E-state index contributed by atoms with van der Waals surface area (Å²) in [6, 6.07) is 10.9. The first-order valence-electron chi connectivity index (χ1n) is 6.34. The number of halogens is 2. The lowest BCUT2D eigenvalue weighted by atomic mass is 10.1. The maximum absolute atomic E-state index is 12.2. The Balaban J connectivity index is 2.22. The Morgan fingerprint density at radius 2 is 2.10 bits per heavy atom. The van der Waals surface area contributed by atoms with Crippen molar-refractivity contribution in [2.45, 2.75) is 6.54 Å². The lowest BCUT2D eigenvalue weighted by Gasteiger charge is -2.15. The van der Waals surface area contributed by atoms with E-state index < -0.39 is 0 Å². The van der Waals surface area contributed by atoms with E-state index >= 15 is 0 Å². The molecule has 1 aromatic carbocycles. The van der Waals surface area contributed by atoms with Crippen LogP contribution in [0.15, 0.2) is 41.0 Å². The number of nitrogens with zero attached hydrogens (tertiary/aromatic N) is 2. The van der Waals surface area contributed by atoms with Crippen molar-refractivity contribution >= 4 is 39.1 Å². The largest absolute Gasteiger partial charge is 0.379 e. The number of aromatic nitrogens is 1. The Morgan fingerprint density at radius 3 is 2.76 bits per heavy atom. The summed E-state index contributed by atoms with van der Waals surface area (Å²) in [7, 11) is 3.44. The summed E-state index contributed by atoms with van der Waals surface area (Å²) in [6.45, 7) is 0.507. The van der Waals surface area contributed by atoms with Gasteiger partial charge in [0.2, 0.25) is 0 Å². The van der Waals surface area contributed by atoms with E-state index in [4.69, 9.17) is 11.6 Å². The Morgan fingerprint density at radius 1 is 1.33 bits per heavy atom. The Kier molecular flexibility index (Phi) is 5.20. The molecular formula is C15H15BrClN3O. The number of pyridine rings is 1. The van der Waals surface area contributed by atoms with Crippen LogP contribution in [0, 0.1) is 0 Å². The van der Waals surface area contributed by atoms with E-state index in [-0.39, 0.29) is 5.91 Å². The minimum atomic E-state index is -0.0728. The summed E-state index contributed by atoms with van der Waals surface area (Å²) in [5.41, 5.74) is 2.15. The second kappa shape index (κ2) is 6.91. The zero-order valence-corrected chi connectivity index (χ0v) is 14.1. The molecule has 1 amide bonds. The number of rotatable bonds is 4. The summed E-state index contributed by atoms with van der Waals surface area (Å²) in [6.07, 6.45) is 0. The average molecular weight is 369 g/mol. The van der Waals surface area contributed by atoms with Crippen molar-refractivity contribution in [2.24, 2.45) is 0 Å². The molecule has 0 fully saturated rings. The molecule has 0 atom stereocenters. The first-order valence-corrected chi connectivity index (χ1v) is 7.51. The van der Waals surface area contributed by atoms with Gasteiger partial charge in [0.05, 0.1) is 17.8 Å². The fourth-order valence-corrected chi connectivity index (χ4v) is 2.38. The molecule has 2 rings (SSSR count). The predicted molar refractivity (Wildman–Crippen MR) is 88.7 cm³/mol. The van der Waals surface area contributed by atoms with Gasteiger partial charge in [0.1, 0.15) is 4.60 Å². The van der Waals surface area contributed by atoms with Gasteiger partial charge in [0.25, 0.3) is 5.91 Å². The highest BCUT2D eigenvalue weighted by Crippen LogP contribution is 2.23. The molecule has 1 aromatic heterocycles. The third kappa shape index (κ3) is 4.19. The van der Waals surface area contributed by atoms with Crippen LogP contribution in [0.25, 0.3) is 0 Å². The average Bonchev–Trinajstić information content (AvgIpc) is 2.44. The molecule has 110 valence electrons. The van der Waals surface area contributed by atoms with Gasteiger partial charge in [-0.2, -0.15) is 0 Å². The smallest absolute Gasteiger partial charge is 0.255 e. The van der Waals surface area contributed by atoms with Crippen molar-refractivity contribution in [3.63, 3.8) is 0 Å². The van der Waals surface area contributed by atoms with Crippen molar-refractivity contribution in [3.05, 3.63) is 57.3 Å². The zero-order valence-electron chi connectivity index (χ0n) is 11.7. The van der Waals surface area contributed by atoms with Gasteiger partial charge in [0, 0.05) is 24.8 Å². The van der Waals surface area contributed by atoms with Crippen molar-refractivity contribution in [1.82, 2.24) is 9.88 Å². The monoisotopic (exact) mass is 367 g/mol. The fraction of sp³-hybridized carbons (Fsp3) is 0.200. The summed E-state index contributed by atoms with van der Waals surface area (Å²) in [5.74, 6) is -0.0728. The zero-order chi connectivity index (χ0) is 15.4. The molecule has 1 N–H and O–H groups in total. The minimum absolute atomic E-state index is 0.0728. The van der Waals surface area contributed by atoms with Gasteiger partial charge in [-0.15, -0.1) is 0 Å². The van der Waals surface area contributed by atoms with Gasteiger partial charge in [-0.05, 0) is 46.3 Å².